The lowest BCUT2D eigenvalue weighted by Gasteiger charge is -2.31. The molecular weight excluding hydrogens is 718 g/mol. The Labute approximate surface area is 331 Å². The van der Waals surface area contributed by atoms with Crippen LogP contribution in [0.5, 0.6) is 0 Å². The van der Waals surface area contributed by atoms with Crippen LogP contribution in [0.3, 0.4) is 0 Å². The lowest BCUT2D eigenvalue weighted by molar-refractivity contribution is -0.740. The molecule has 1 fully saturated rings. The van der Waals surface area contributed by atoms with Crippen molar-refractivity contribution in [1.29, 1.82) is 0 Å². The minimum absolute atomic E-state index is 0.0215. The molecule has 0 spiro atoms. The maximum Gasteiger partial charge on any atom is 0.408 e. The molecule has 1 aliphatic heterocycles. The average Bonchev–Trinajstić information content (AvgIpc) is 3.90. The molecule has 0 saturated carbocycles. The van der Waals surface area contributed by atoms with Gasteiger partial charge in [0.05, 0.1) is 0 Å². The molecule has 2 aromatic rings. The van der Waals surface area contributed by atoms with Gasteiger partial charge in [-0.05, 0) is 77.8 Å². The van der Waals surface area contributed by atoms with Crippen LogP contribution in [0.4, 0.5) is 9.59 Å². The van der Waals surface area contributed by atoms with Crippen LogP contribution in [0.25, 0.3) is 0 Å². The van der Waals surface area contributed by atoms with E-state index in [0.29, 0.717) is 32.4 Å². The van der Waals surface area contributed by atoms with Gasteiger partial charge in [-0.15, -0.1) is 0 Å². The Morgan fingerprint density at radius 2 is 1.18 bits per heavy atom. The van der Waals surface area contributed by atoms with E-state index in [1.165, 1.54) is 0 Å². The van der Waals surface area contributed by atoms with Crippen molar-refractivity contribution in [1.82, 2.24) is 21.3 Å². The molecule has 2 aromatic carbocycles. The second-order valence-corrected chi connectivity index (χ2v) is 16.9. The summed E-state index contributed by atoms with van der Waals surface area (Å²) in [6.07, 6.45) is 0.170. The maximum atomic E-state index is 14.8. The Kier molecular flexibility index (Phi) is 16.4. The first-order valence-electron chi connectivity index (χ1n) is 19.5. The summed E-state index contributed by atoms with van der Waals surface area (Å²) in [4.78, 5) is 80.2. The SMILES string of the molecule is CC(C)C[C@H](C(=O)N[C@H](CCCCNC(=O)OC(C)(C)C)C(=O)O)[N+]1(C(=O)[C@@H](Cc2ccccc2)NC(=O)[C@@H](Cc2ccccc2)NC(=O)OC(C)(C)C)CC1. The molecule has 308 valence electrons. The summed E-state index contributed by atoms with van der Waals surface area (Å²) >= 11 is 0. The molecule has 14 heteroatoms. The first-order valence-corrected chi connectivity index (χ1v) is 19.5. The van der Waals surface area contributed by atoms with E-state index in [1.54, 1.807) is 41.5 Å². The second-order valence-electron chi connectivity index (χ2n) is 16.9. The topological polar surface area (TPSA) is 189 Å². The number of aliphatic carboxylic acids is 1. The number of hydrogen-bond donors (Lipinski definition) is 5. The third-order valence-corrected chi connectivity index (χ3v) is 9.13. The van der Waals surface area contributed by atoms with Crippen LogP contribution in [-0.4, -0.2) is 100 Å². The molecule has 0 unspecified atom stereocenters. The summed E-state index contributed by atoms with van der Waals surface area (Å²) < 4.78 is 10.4. The molecule has 1 aliphatic rings. The van der Waals surface area contributed by atoms with Gasteiger partial charge in [-0.25, -0.2) is 23.7 Å². The van der Waals surface area contributed by atoms with E-state index in [-0.39, 0.29) is 42.1 Å². The van der Waals surface area contributed by atoms with Gasteiger partial charge in [0.25, 0.3) is 5.91 Å². The summed E-state index contributed by atoms with van der Waals surface area (Å²) in [5, 5.41) is 21.0. The first-order chi connectivity index (χ1) is 26.2. The van der Waals surface area contributed by atoms with Crippen molar-refractivity contribution < 1.29 is 47.8 Å². The smallest absolute Gasteiger partial charge is 0.408 e. The number of carbonyl (C=O) groups excluding carboxylic acids is 5. The summed E-state index contributed by atoms with van der Waals surface area (Å²) in [5.41, 5.74) is 0.0997. The van der Waals surface area contributed by atoms with Crippen LogP contribution in [0.1, 0.15) is 92.2 Å². The molecule has 4 atom stereocenters. The van der Waals surface area contributed by atoms with Gasteiger partial charge in [0, 0.05) is 25.8 Å². The summed E-state index contributed by atoms with van der Waals surface area (Å²) in [6, 6.07) is 14.1. The van der Waals surface area contributed by atoms with Crippen LogP contribution in [0.15, 0.2) is 60.7 Å². The highest BCUT2D eigenvalue weighted by Crippen LogP contribution is 2.33. The van der Waals surface area contributed by atoms with E-state index in [0.717, 1.165) is 11.1 Å². The first kappa shape index (κ1) is 45.4. The third-order valence-electron chi connectivity index (χ3n) is 9.13. The number of nitrogens with zero attached hydrogens (tertiary/aromatic N) is 1. The number of carboxylic acid groups (broad SMARTS) is 1. The number of alkyl carbamates (subject to hydrolysis) is 2. The van der Waals surface area contributed by atoms with Crippen molar-refractivity contribution >= 4 is 35.9 Å². The third kappa shape index (κ3) is 15.3. The Hall–Kier alpha value is -4.98. The molecule has 14 nitrogen and oxygen atoms in total. The molecule has 0 bridgehead atoms. The Bertz CT molecular complexity index is 1630. The van der Waals surface area contributed by atoms with E-state index >= 15 is 0 Å². The van der Waals surface area contributed by atoms with E-state index in [1.807, 2.05) is 74.5 Å². The zero-order valence-electron chi connectivity index (χ0n) is 34.2. The predicted octanol–water partition coefficient (Wildman–Crippen LogP) is 4.89. The number of benzene rings is 2. The van der Waals surface area contributed by atoms with Crippen LogP contribution in [-0.2, 0) is 41.5 Å². The molecule has 5 amide bonds. The number of nitrogens with one attached hydrogen (secondary N) is 4. The number of unbranched alkanes of at least 4 members (excludes halogenated alkanes) is 1. The van der Waals surface area contributed by atoms with Gasteiger partial charge < -0.3 is 35.8 Å². The minimum Gasteiger partial charge on any atom is -0.480 e. The van der Waals surface area contributed by atoms with Gasteiger partial charge in [-0.1, -0.05) is 74.5 Å². The summed E-state index contributed by atoms with van der Waals surface area (Å²) in [7, 11) is 0. The fourth-order valence-electron chi connectivity index (χ4n) is 6.42. The fraction of sp³-hybridized carbons (Fsp3) is 0.571. The van der Waals surface area contributed by atoms with Crippen molar-refractivity contribution in [3.05, 3.63) is 71.8 Å². The zero-order chi connectivity index (χ0) is 41.7. The van der Waals surface area contributed by atoms with E-state index in [4.69, 9.17) is 9.47 Å². The lowest BCUT2D eigenvalue weighted by Crippen LogP contribution is -2.61. The number of amides is 5. The monoisotopic (exact) mass is 780 g/mol. The molecule has 0 aromatic heterocycles. The molecule has 1 heterocycles. The lowest BCUT2D eigenvalue weighted by atomic mass is 9.98. The standard InChI is InChI=1S/C42H61N5O9/c1-28(2)25-34(36(49)44-31(38(51)52)21-15-16-22-43-39(53)55-41(3,4)5)47(23-24-47)37(50)33(27-30-19-13-10-14-20-30)45-35(48)32(26-29-17-11-9-12-18-29)46-40(54)56-42(6,7)8/h9-14,17-20,28,31-34H,15-16,21-27H2,1-8H3,(H4-,43,44,45,46,48,49,51,52,53,54)/p+1/t31-,32-,33-,34-/m1/s1. The van der Waals surface area contributed by atoms with E-state index in [9.17, 15) is 33.9 Å². The maximum absolute atomic E-state index is 14.8. The summed E-state index contributed by atoms with van der Waals surface area (Å²) in [5.74, 6) is -2.75. The number of ether oxygens (including phenoxy) is 2. The van der Waals surface area contributed by atoms with Crippen LogP contribution < -0.4 is 21.3 Å². The molecule has 0 aliphatic carbocycles. The van der Waals surface area contributed by atoms with Crippen molar-refractivity contribution in [2.45, 2.75) is 129 Å². The van der Waals surface area contributed by atoms with Crippen molar-refractivity contribution in [3.8, 4) is 0 Å². The quantitative estimate of drug-likeness (QED) is 0.0752. The van der Waals surface area contributed by atoms with Crippen molar-refractivity contribution in [2.75, 3.05) is 19.6 Å². The van der Waals surface area contributed by atoms with E-state index in [2.05, 4.69) is 21.3 Å². The summed E-state index contributed by atoms with van der Waals surface area (Å²) in [6.45, 7) is 15.2. The Balaban J connectivity index is 1.84. The van der Waals surface area contributed by atoms with Gasteiger partial charge in [-0.2, -0.15) is 0 Å². The number of quaternary nitrogens is 1. The zero-order valence-corrected chi connectivity index (χ0v) is 34.2. The second kappa shape index (κ2) is 20.3. The van der Waals surface area contributed by atoms with Crippen LogP contribution in [0, 0.1) is 5.92 Å². The van der Waals surface area contributed by atoms with Gasteiger partial charge in [-0.3, -0.25) is 9.59 Å². The van der Waals surface area contributed by atoms with Gasteiger partial charge in [0.2, 0.25) is 5.91 Å². The van der Waals surface area contributed by atoms with Crippen LogP contribution >= 0.6 is 0 Å². The molecule has 3 rings (SSSR count). The van der Waals surface area contributed by atoms with Gasteiger partial charge in [0.1, 0.15) is 42.4 Å². The minimum atomic E-state index is -1.22. The van der Waals surface area contributed by atoms with E-state index < -0.39 is 65.3 Å². The van der Waals surface area contributed by atoms with Crippen molar-refractivity contribution in [3.63, 3.8) is 0 Å². The van der Waals surface area contributed by atoms with Crippen LogP contribution in [0.2, 0.25) is 0 Å². The number of carboxylic acids is 1. The molecule has 5 N–H and O–H groups in total. The Morgan fingerprint density at radius 1 is 0.679 bits per heavy atom. The number of carbonyl (C=O) groups is 6. The highest BCUT2D eigenvalue weighted by atomic mass is 16.6. The fourth-order valence-corrected chi connectivity index (χ4v) is 6.42. The van der Waals surface area contributed by atoms with Gasteiger partial charge in [0.15, 0.2) is 6.04 Å². The number of hydrogen-bond acceptors (Lipinski definition) is 8. The Morgan fingerprint density at radius 3 is 1.66 bits per heavy atom. The molecule has 1 saturated heterocycles. The predicted molar refractivity (Wildman–Crippen MR) is 211 cm³/mol. The molecule has 0 radical (unpaired) electrons. The molecule has 56 heavy (non-hydrogen) atoms. The number of rotatable bonds is 19. The van der Waals surface area contributed by atoms with Crippen molar-refractivity contribution in [2.24, 2.45) is 5.92 Å². The highest BCUT2D eigenvalue weighted by molar-refractivity contribution is 5.92. The van der Waals surface area contributed by atoms with Gasteiger partial charge >= 0.3 is 24.1 Å². The largest absolute Gasteiger partial charge is 0.480 e. The average molecular weight is 781 g/mol. The molecular formula is C42H62N5O9+. The highest BCUT2D eigenvalue weighted by Gasteiger charge is 2.60. The normalized spacial score (nSPS) is 15.7.